The van der Waals surface area contributed by atoms with Crippen LogP contribution in [0.3, 0.4) is 0 Å². The van der Waals surface area contributed by atoms with Gasteiger partial charge in [-0.1, -0.05) is 17.7 Å². The summed E-state index contributed by atoms with van der Waals surface area (Å²) in [5.41, 5.74) is -1.50. The zero-order valence-corrected chi connectivity index (χ0v) is 25.2. The minimum atomic E-state index is -0.730. The van der Waals surface area contributed by atoms with Crippen molar-refractivity contribution in [2.75, 3.05) is 64.6 Å². The van der Waals surface area contributed by atoms with E-state index in [2.05, 4.69) is 0 Å². The Labute approximate surface area is 249 Å². The number of methoxy groups -OCH3 is 1. The molecular formula is C29H36ClFN4O7. The van der Waals surface area contributed by atoms with Crippen molar-refractivity contribution in [2.45, 2.75) is 44.9 Å². The number of rotatable bonds is 4. The molecule has 2 atom stereocenters. The average Bonchev–Trinajstić information content (AvgIpc) is 3.05. The number of carbonyl (C=O) groups excluding carboxylic acids is 2. The lowest BCUT2D eigenvalue weighted by atomic mass is 10.0. The number of anilines is 1. The zero-order valence-electron chi connectivity index (χ0n) is 24.4. The van der Waals surface area contributed by atoms with Gasteiger partial charge in [0.05, 0.1) is 31.4 Å². The van der Waals surface area contributed by atoms with Crippen molar-refractivity contribution in [2.24, 2.45) is 0 Å². The summed E-state index contributed by atoms with van der Waals surface area (Å²) in [6.07, 6.45) is -0.472. The molecule has 1 unspecified atom stereocenters. The molecule has 1 N–H and O–H groups in total. The number of benzene rings is 1. The van der Waals surface area contributed by atoms with Gasteiger partial charge in [0, 0.05) is 33.3 Å². The number of amides is 2. The van der Waals surface area contributed by atoms with Crippen LogP contribution in [0.4, 0.5) is 15.0 Å². The highest BCUT2D eigenvalue weighted by Crippen LogP contribution is 2.46. The summed E-state index contributed by atoms with van der Waals surface area (Å²) in [4.78, 5) is 36.9. The highest BCUT2D eigenvalue weighted by molar-refractivity contribution is 6.35. The summed E-state index contributed by atoms with van der Waals surface area (Å²) in [6, 6.07) is 3.41. The van der Waals surface area contributed by atoms with Gasteiger partial charge >= 0.3 is 6.09 Å². The Morgan fingerprint density at radius 3 is 2.71 bits per heavy atom. The van der Waals surface area contributed by atoms with Gasteiger partial charge in [-0.05, 0) is 39.8 Å². The van der Waals surface area contributed by atoms with Crippen molar-refractivity contribution in [1.29, 1.82) is 0 Å². The molecule has 3 aliphatic rings. The SMILES string of the molecule is COCC1(C)CN(c2nc(-c3c(O)cccc3F)c(Cl)c3c2C(=O)N2CCN(C(=O)OC(C)(C)C)C[C@@H]2CO3)CCO1. The molecular weight excluding hydrogens is 571 g/mol. The molecule has 2 aromatic rings. The van der Waals surface area contributed by atoms with Gasteiger partial charge in [0.15, 0.2) is 5.75 Å². The minimum absolute atomic E-state index is 0.0222. The third-order valence-corrected chi connectivity index (χ3v) is 7.77. The Morgan fingerprint density at radius 1 is 1.26 bits per heavy atom. The normalized spacial score (nSPS) is 22.7. The van der Waals surface area contributed by atoms with Gasteiger partial charge < -0.3 is 38.8 Å². The lowest BCUT2D eigenvalue weighted by Gasteiger charge is -2.42. The number of aromatic nitrogens is 1. The maximum Gasteiger partial charge on any atom is 0.410 e. The minimum Gasteiger partial charge on any atom is -0.507 e. The molecule has 2 fully saturated rings. The fourth-order valence-corrected chi connectivity index (χ4v) is 5.87. The quantitative estimate of drug-likeness (QED) is 0.553. The standard InChI is InChI=1S/C29H36ClFN4O7/c1-28(2,3)42-27(38)33-9-10-35-17(13-33)14-40-24-21(26(35)37)25(34-11-12-41-29(4,15-34)16-39-5)32-23(22(24)30)20-18(31)7-6-8-19(20)36/h6-8,17,36H,9-16H2,1-5H3/t17-,29?/m1/s1. The maximum atomic E-state index is 15.1. The first-order chi connectivity index (χ1) is 19.8. The van der Waals surface area contributed by atoms with E-state index >= 15 is 4.39 Å². The third-order valence-electron chi connectivity index (χ3n) is 7.42. The van der Waals surface area contributed by atoms with Crippen molar-refractivity contribution < 1.29 is 38.0 Å². The third kappa shape index (κ3) is 5.80. The summed E-state index contributed by atoms with van der Waals surface area (Å²) in [7, 11) is 1.58. The van der Waals surface area contributed by atoms with Gasteiger partial charge in [-0.2, -0.15) is 0 Å². The fourth-order valence-electron chi connectivity index (χ4n) is 5.58. The number of pyridine rings is 1. The van der Waals surface area contributed by atoms with Crippen molar-refractivity contribution in [3.05, 3.63) is 34.6 Å². The monoisotopic (exact) mass is 606 g/mol. The van der Waals surface area contributed by atoms with Gasteiger partial charge in [0.1, 0.15) is 51.5 Å². The highest BCUT2D eigenvalue weighted by atomic mass is 35.5. The first kappa shape index (κ1) is 30.1. The summed E-state index contributed by atoms with van der Waals surface area (Å²) >= 11 is 6.83. The molecule has 2 amide bonds. The Hall–Kier alpha value is -3.35. The summed E-state index contributed by atoms with van der Waals surface area (Å²) < 4.78 is 38.2. The molecule has 0 saturated carbocycles. The van der Waals surface area contributed by atoms with Crippen LogP contribution in [-0.2, 0) is 14.2 Å². The number of ether oxygens (including phenoxy) is 4. The molecule has 0 spiro atoms. The van der Waals surface area contributed by atoms with E-state index in [1.807, 2.05) is 11.8 Å². The number of nitrogens with zero attached hydrogens (tertiary/aromatic N) is 4. The first-order valence-corrected chi connectivity index (χ1v) is 14.2. The number of hydrogen-bond acceptors (Lipinski definition) is 9. The maximum absolute atomic E-state index is 15.1. The predicted molar refractivity (Wildman–Crippen MR) is 153 cm³/mol. The summed E-state index contributed by atoms with van der Waals surface area (Å²) in [5.74, 6) is -1.18. The Bertz CT molecular complexity index is 1360. The molecule has 4 heterocycles. The molecule has 11 nitrogen and oxygen atoms in total. The second kappa shape index (κ2) is 11.4. The van der Waals surface area contributed by atoms with Gasteiger partial charge in [0.2, 0.25) is 0 Å². The largest absolute Gasteiger partial charge is 0.507 e. The molecule has 13 heteroatoms. The molecule has 5 rings (SSSR count). The highest BCUT2D eigenvalue weighted by Gasteiger charge is 2.43. The van der Waals surface area contributed by atoms with Crippen molar-refractivity contribution in [3.63, 3.8) is 0 Å². The smallest absolute Gasteiger partial charge is 0.410 e. The van der Waals surface area contributed by atoms with E-state index in [1.54, 1.807) is 37.7 Å². The van der Waals surface area contributed by atoms with E-state index in [0.29, 0.717) is 26.3 Å². The first-order valence-electron chi connectivity index (χ1n) is 13.8. The lowest BCUT2D eigenvalue weighted by molar-refractivity contribution is -0.0841. The predicted octanol–water partition coefficient (Wildman–Crippen LogP) is 3.94. The van der Waals surface area contributed by atoms with Crippen LogP contribution in [0.25, 0.3) is 11.3 Å². The second-order valence-corrected chi connectivity index (χ2v) is 12.4. The van der Waals surface area contributed by atoms with E-state index in [0.717, 1.165) is 0 Å². The van der Waals surface area contributed by atoms with E-state index in [4.69, 9.17) is 35.5 Å². The van der Waals surface area contributed by atoms with Gasteiger partial charge in [-0.3, -0.25) is 4.79 Å². The molecule has 228 valence electrons. The second-order valence-electron chi connectivity index (χ2n) is 12.0. The molecule has 2 saturated heterocycles. The van der Waals surface area contributed by atoms with Crippen LogP contribution in [0, 0.1) is 5.82 Å². The van der Waals surface area contributed by atoms with Crippen LogP contribution in [0.15, 0.2) is 18.2 Å². The Morgan fingerprint density at radius 2 is 2.02 bits per heavy atom. The number of phenolic OH excluding ortho intramolecular Hbond substituents is 1. The van der Waals surface area contributed by atoms with E-state index in [1.165, 1.54) is 18.2 Å². The Balaban J connectivity index is 1.59. The molecule has 1 aromatic carbocycles. The number of morpholine rings is 1. The average molecular weight is 607 g/mol. The number of hydrogen-bond donors (Lipinski definition) is 1. The fraction of sp³-hybridized carbons (Fsp3) is 0.552. The molecule has 42 heavy (non-hydrogen) atoms. The Kier molecular flexibility index (Phi) is 8.16. The summed E-state index contributed by atoms with van der Waals surface area (Å²) in [6.45, 7) is 9.31. The van der Waals surface area contributed by atoms with Crippen LogP contribution >= 0.6 is 11.6 Å². The number of fused-ring (bicyclic) bond motifs is 2. The van der Waals surface area contributed by atoms with Crippen molar-refractivity contribution in [1.82, 2.24) is 14.8 Å². The molecule has 1 aromatic heterocycles. The lowest BCUT2D eigenvalue weighted by Crippen LogP contribution is -2.58. The summed E-state index contributed by atoms with van der Waals surface area (Å²) in [5, 5.41) is 10.5. The number of halogens is 2. The van der Waals surface area contributed by atoms with E-state index in [9.17, 15) is 14.7 Å². The van der Waals surface area contributed by atoms with Gasteiger partial charge in [-0.25, -0.2) is 14.2 Å². The van der Waals surface area contributed by atoms with Crippen LogP contribution in [-0.4, -0.2) is 109 Å². The van der Waals surface area contributed by atoms with Gasteiger partial charge in [-0.15, -0.1) is 0 Å². The number of phenols is 1. The number of piperazine rings is 1. The van der Waals surface area contributed by atoms with Crippen LogP contribution < -0.4 is 9.64 Å². The molecule has 3 aliphatic heterocycles. The molecule has 0 aliphatic carbocycles. The number of carbonyl (C=O) groups is 2. The van der Waals surface area contributed by atoms with Crippen molar-refractivity contribution in [3.8, 4) is 22.8 Å². The zero-order chi connectivity index (χ0) is 30.4. The van der Waals surface area contributed by atoms with Gasteiger partial charge in [0.25, 0.3) is 5.91 Å². The van der Waals surface area contributed by atoms with Crippen molar-refractivity contribution >= 4 is 29.4 Å². The van der Waals surface area contributed by atoms with Crippen LogP contribution in [0.2, 0.25) is 5.02 Å². The number of aromatic hydroxyl groups is 1. The topological polar surface area (TPSA) is 114 Å². The molecule has 0 bridgehead atoms. The van der Waals surface area contributed by atoms with E-state index in [-0.39, 0.29) is 71.3 Å². The van der Waals surface area contributed by atoms with E-state index < -0.39 is 29.2 Å². The van der Waals surface area contributed by atoms with Crippen LogP contribution in [0.1, 0.15) is 38.1 Å². The molecule has 0 radical (unpaired) electrons. The van der Waals surface area contributed by atoms with Crippen LogP contribution in [0.5, 0.6) is 11.5 Å².